The highest BCUT2D eigenvalue weighted by Crippen LogP contribution is 2.32. The quantitative estimate of drug-likeness (QED) is 0.809. The first kappa shape index (κ1) is 18.5. The van der Waals surface area contributed by atoms with Crippen LogP contribution in [0.25, 0.3) is 0 Å². The van der Waals surface area contributed by atoms with Crippen LogP contribution >= 0.6 is 12.4 Å². The van der Waals surface area contributed by atoms with Gasteiger partial charge in [-0.3, -0.25) is 4.79 Å². The predicted octanol–water partition coefficient (Wildman–Crippen LogP) is 3.36. The van der Waals surface area contributed by atoms with Gasteiger partial charge in [0.2, 0.25) is 0 Å². The number of nitrogens with one attached hydrogen (secondary N) is 1. The number of nitrogens with two attached hydrogens (primary N) is 1. The van der Waals surface area contributed by atoms with E-state index in [-0.39, 0.29) is 24.4 Å². The maximum absolute atomic E-state index is 12.6. The van der Waals surface area contributed by atoms with E-state index >= 15 is 0 Å². The molecule has 0 aliphatic heterocycles. The third-order valence-corrected chi connectivity index (χ3v) is 4.55. The van der Waals surface area contributed by atoms with Crippen LogP contribution in [-0.4, -0.2) is 18.5 Å². The fourth-order valence-electron chi connectivity index (χ4n) is 3.00. The molecule has 4 heteroatoms. The molecule has 0 bridgehead atoms. The molecule has 1 amide bonds. The molecule has 3 nitrogen and oxygen atoms in total. The first-order valence-electron chi connectivity index (χ1n) is 8.40. The summed E-state index contributed by atoms with van der Waals surface area (Å²) in [5.74, 6) is 0.580. The van der Waals surface area contributed by atoms with E-state index in [4.69, 9.17) is 5.73 Å². The second-order valence-corrected chi connectivity index (χ2v) is 6.30. The lowest BCUT2D eigenvalue weighted by Crippen LogP contribution is -2.42. The van der Waals surface area contributed by atoms with Crippen molar-refractivity contribution in [1.82, 2.24) is 5.32 Å². The molecule has 1 unspecified atom stereocenters. The van der Waals surface area contributed by atoms with Gasteiger partial charge in [-0.15, -0.1) is 12.4 Å². The van der Waals surface area contributed by atoms with Gasteiger partial charge in [0.1, 0.15) is 0 Å². The minimum atomic E-state index is 0. The van der Waals surface area contributed by atoms with Gasteiger partial charge in [-0.2, -0.15) is 0 Å². The molecule has 0 saturated heterocycles. The SMILES string of the molecule is Cl.NCC(NC(=O)c1ccccc1CCc1ccccc1)C1CC1. The topological polar surface area (TPSA) is 55.1 Å². The number of rotatable bonds is 7. The van der Waals surface area contributed by atoms with Crippen LogP contribution in [0.2, 0.25) is 0 Å². The predicted molar refractivity (Wildman–Crippen MR) is 101 cm³/mol. The Morgan fingerprint density at radius 3 is 2.38 bits per heavy atom. The molecule has 3 N–H and O–H groups in total. The van der Waals surface area contributed by atoms with E-state index in [0.717, 1.165) is 24.0 Å². The van der Waals surface area contributed by atoms with Gasteiger partial charge >= 0.3 is 0 Å². The lowest BCUT2D eigenvalue weighted by molar-refractivity contribution is 0.0932. The van der Waals surface area contributed by atoms with Crippen molar-refractivity contribution in [2.24, 2.45) is 11.7 Å². The third kappa shape index (κ3) is 4.83. The summed E-state index contributed by atoms with van der Waals surface area (Å²) in [5, 5.41) is 3.12. The van der Waals surface area contributed by atoms with E-state index in [1.54, 1.807) is 0 Å². The van der Waals surface area contributed by atoms with Gasteiger partial charge in [0.15, 0.2) is 0 Å². The summed E-state index contributed by atoms with van der Waals surface area (Å²) >= 11 is 0. The first-order valence-corrected chi connectivity index (χ1v) is 8.40. The fourth-order valence-corrected chi connectivity index (χ4v) is 3.00. The van der Waals surface area contributed by atoms with Gasteiger partial charge in [0.25, 0.3) is 5.91 Å². The highest BCUT2D eigenvalue weighted by atomic mass is 35.5. The minimum Gasteiger partial charge on any atom is -0.348 e. The summed E-state index contributed by atoms with van der Waals surface area (Å²) in [6.45, 7) is 0.516. The van der Waals surface area contributed by atoms with E-state index in [1.165, 1.54) is 18.4 Å². The van der Waals surface area contributed by atoms with E-state index in [2.05, 4.69) is 29.6 Å². The highest BCUT2D eigenvalue weighted by molar-refractivity contribution is 5.95. The van der Waals surface area contributed by atoms with Crippen molar-refractivity contribution in [3.05, 3.63) is 71.3 Å². The number of halogens is 1. The van der Waals surface area contributed by atoms with Crippen molar-refractivity contribution in [3.63, 3.8) is 0 Å². The van der Waals surface area contributed by atoms with Crippen molar-refractivity contribution in [2.45, 2.75) is 31.7 Å². The zero-order chi connectivity index (χ0) is 16.1. The van der Waals surface area contributed by atoms with Crippen LogP contribution in [0.4, 0.5) is 0 Å². The fraction of sp³-hybridized carbons (Fsp3) is 0.350. The molecule has 2 aromatic rings. The Morgan fingerprint density at radius 1 is 1.04 bits per heavy atom. The second kappa shape index (κ2) is 8.86. The molecule has 3 rings (SSSR count). The van der Waals surface area contributed by atoms with E-state index in [0.29, 0.717) is 12.5 Å². The molecule has 0 spiro atoms. The zero-order valence-electron chi connectivity index (χ0n) is 13.8. The molecular formula is C20H25ClN2O. The molecule has 0 radical (unpaired) electrons. The van der Waals surface area contributed by atoms with Gasteiger partial charge in [0, 0.05) is 18.2 Å². The highest BCUT2D eigenvalue weighted by Gasteiger charge is 2.31. The van der Waals surface area contributed by atoms with Gasteiger partial charge in [-0.1, -0.05) is 48.5 Å². The molecule has 0 heterocycles. The van der Waals surface area contributed by atoms with E-state index in [1.807, 2.05) is 30.3 Å². The Morgan fingerprint density at radius 2 is 1.71 bits per heavy atom. The van der Waals surface area contributed by atoms with Crippen LogP contribution in [-0.2, 0) is 12.8 Å². The Kier molecular flexibility index (Phi) is 6.83. The van der Waals surface area contributed by atoms with Crippen LogP contribution in [0.3, 0.4) is 0 Å². The molecule has 2 aromatic carbocycles. The number of hydrogen-bond donors (Lipinski definition) is 2. The number of amides is 1. The Bertz CT molecular complexity index is 656. The van der Waals surface area contributed by atoms with Crippen molar-refractivity contribution >= 4 is 18.3 Å². The summed E-state index contributed by atoms with van der Waals surface area (Å²) < 4.78 is 0. The van der Waals surface area contributed by atoms with Crippen LogP contribution < -0.4 is 11.1 Å². The summed E-state index contributed by atoms with van der Waals surface area (Å²) in [6, 6.07) is 18.4. The van der Waals surface area contributed by atoms with Crippen LogP contribution in [0, 0.1) is 5.92 Å². The van der Waals surface area contributed by atoms with Gasteiger partial charge < -0.3 is 11.1 Å². The number of benzene rings is 2. The standard InChI is InChI=1S/C20H24N2O.ClH/c21-14-19(17-12-13-17)22-20(23)18-9-5-4-8-16(18)11-10-15-6-2-1-3-7-15;/h1-9,17,19H,10-14,21H2,(H,22,23);1H. The van der Waals surface area contributed by atoms with Crippen molar-refractivity contribution in [1.29, 1.82) is 0 Å². The molecule has 0 aromatic heterocycles. The third-order valence-electron chi connectivity index (χ3n) is 4.55. The zero-order valence-corrected chi connectivity index (χ0v) is 14.6. The molecule has 24 heavy (non-hydrogen) atoms. The van der Waals surface area contributed by atoms with Crippen LogP contribution in [0.15, 0.2) is 54.6 Å². The Balaban J connectivity index is 0.00000208. The van der Waals surface area contributed by atoms with Gasteiger partial charge in [0.05, 0.1) is 0 Å². The number of carbonyl (C=O) groups is 1. The van der Waals surface area contributed by atoms with Crippen molar-refractivity contribution < 1.29 is 4.79 Å². The van der Waals surface area contributed by atoms with E-state index < -0.39 is 0 Å². The van der Waals surface area contributed by atoms with Gasteiger partial charge in [-0.25, -0.2) is 0 Å². The maximum atomic E-state index is 12.6. The Hall–Kier alpha value is -1.84. The maximum Gasteiger partial charge on any atom is 0.251 e. The minimum absolute atomic E-state index is 0. The lowest BCUT2D eigenvalue weighted by atomic mass is 9.99. The molecule has 1 aliphatic carbocycles. The molecule has 128 valence electrons. The number of aryl methyl sites for hydroxylation is 2. The molecule has 1 saturated carbocycles. The average molecular weight is 345 g/mol. The lowest BCUT2D eigenvalue weighted by Gasteiger charge is -2.17. The first-order chi connectivity index (χ1) is 11.3. The molecular weight excluding hydrogens is 320 g/mol. The van der Waals surface area contributed by atoms with Crippen molar-refractivity contribution in [2.75, 3.05) is 6.54 Å². The van der Waals surface area contributed by atoms with Crippen molar-refractivity contribution in [3.8, 4) is 0 Å². The summed E-state index contributed by atoms with van der Waals surface area (Å²) in [4.78, 5) is 12.6. The monoisotopic (exact) mass is 344 g/mol. The average Bonchev–Trinajstić information content (AvgIpc) is 3.44. The second-order valence-electron chi connectivity index (χ2n) is 6.30. The van der Waals surface area contributed by atoms with E-state index in [9.17, 15) is 4.79 Å². The largest absolute Gasteiger partial charge is 0.348 e. The Labute approximate surface area is 150 Å². The summed E-state index contributed by atoms with van der Waals surface area (Å²) in [5.41, 5.74) is 8.97. The summed E-state index contributed by atoms with van der Waals surface area (Å²) in [6.07, 6.45) is 4.16. The molecule has 1 aliphatic rings. The molecule has 1 atom stereocenters. The normalized spacial score (nSPS) is 14.5. The van der Waals surface area contributed by atoms with Crippen LogP contribution in [0.5, 0.6) is 0 Å². The number of hydrogen-bond acceptors (Lipinski definition) is 2. The smallest absolute Gasteiger partial charge is 0.251 e. The molecule has 1 fully saturated rings. The van der Waals surface area contributed by atoms with Gasteiger partial charge in [-0.05, 0) is 48.8 Å². The number of carbonyl (C=O) groups excluding carboxylic acids is 1. The summed E-state index contributed by atoms with van der Waals surface area (Å²) in [7, 11) is 0. The van der Waals surface area contributed by atoms with Crippen LogP contribution in [0.1, 0.15) is 34.3 Å².